The molecule has 2 N–H and O–H groups in total. The number of para-hydroxylation sites is 1. The zero-order valence-electron chi connectivity index (χ0n) is 16.3. The van der Waals surface area contributed by atoms with Crippen LogP contribution in [0, 0.1) is 13.8 Å². The minimum absolute atomic E-state index is 0.0376. The lowest BCUT2D eigenvalue weighted by atomic mass is 10.1. The first kappa shape index (κ1) is 20.6. The molecule has 0 bridgehead atoms. The molecule has 1 aromatic heterocycles. The summed E-state index contributed by atoms with van der Waals surface area (Å²) in [5.41, 5.74) is 4.78. The van der Waals surface area contributed by atoms with E-state index < -0.39 is 15.9 Å². The maximum atomic E-state index is 12.5. The van der Waals surface area contributed by atoms with E-state index in [0.29, 0.717) is 17.1 Å². The zero-order valence-corrected chi connectivity index (χ0v) is 17.2. The van der Waals surface area contributed by atoms with Crippen LogP contribution in [0.1, 0.15) is 11.4 Å². The van der Waals surface area contributed by atoms with Crippen molar-refractivity contribution in [3.63, 3.8) is 0 Å². The molecule has 3 rings (SSSR count). The number of hydrogen-bond donors (Lipinski definition) is 2. The summed E-state index contributed by atoms with van der Waals surface area (Å²) in [7, 11) is -2.30. The Kier molecular flexibility index (Phi) is 6.00. The molecule has 0 saturated heterocycles. The number of nitrogens with zero attached hydrogens (tertiary/aromatic N) is 2. The minimum Gasteiger partial charge on any atom is -0.483 e. The average Bonchev–Trinajstić information content (AvgIpc) is 2.98. The predicted octanol–water partition coefficient (Wildman–Crippen LogP) is 2.09. The first-order chi connectivity index (χ1) is 13.8. The summed E-state index contributed by atoms with van der Waals surface area (Å²) in [6.45, 7) is 2.88. The second kappa shape index (κ2) is 8.46. The summed E-state index contributed by atoms with van der Waals surface area (Å²) >= 11 is 0. The molecule has 3 aromatic rings. The lowest BCUT2D eigenvalue weighted by Crippen LogP contribution is -2.44. The van der Waals surface area contributed by atoms with Gasteiger partial charge in [0.25, 0.3) is 15.9 Å². The standard InChI is InChI=1S/C20H22N4O4S/c1-14-20(15(2)24(3)22-14)29(26,27)23-21-19(25)13-28-18-12-8-7-11-17(18)16-9-5-4-6-10-16/h4-12,23H,13H2,1-3H3,(H,21,25). The third kappa shape index (κ3) is 4.64. The Morgan fingerprint density at radius 3 is 2.38 bits per heavy atom. The van der Waals surface area contributed by atoms with Crippen LogP contribution in [0.3, 0.4) is 0 Å². The highest BCUT2D eigenvalue weighted by molar-refractivity contribution is 7.89. The van der Waals surface area contributed by atoms with Gasteiger partial charge in [-0.1, -0.05) is 48.5 Å². The van der Waals surface area contributed by atoms with E-state index in [1.54, 1.807) is 33.0 Å². The van der Waals surface area contributed by atoms with Gasteiger partial charge in [0.05, 0.1) is 11.4 Å². The largest absolute Gasteiger partial charge is 0.483 e. The van der Waals surface area contributed by atoms with Crippen molar-refractivity contribution in [2.45, 2.75) is 18.7 Å². The fraction of sp³-hybridized carbons (Fsp3) is 0.200. The number of hydrogen-bond acceptors (Lipinski definition) is 5. The molecule has 29 heavy (non-hydrogen) atoms. The molecule has 0 radical (unpaired) electrons. The third-order valence-electron chi connectivity index (χ3n) is 4.37. The topological polar surface area (TPSA) is 102 Å². The number of ether oxygens (including phenoxy) is 1. The van der Waals surface area contributed by atoms with Crippen molar-refractivity contribution >= 4 is 15.9 Å². The van der Waals surface area contributed by atoms with Gasteiger partial charge in [0, 0.05) is 12.6 Å². The molecule has 1 amide bonds. The number of benzene rings is 2. The highest BCUT2D eigenvalue weighted by atomic mass is 32.2. The Morgan fingerprint density at radius 1 is 1.07 bits per heavy atom. The molecule has 0 aliphatic carbocycles. The number of nitrogens with one attached hydrogen (secondary N) is 2. The number of carbonyl (C=O) groups is 1. The van der Waals surface area contributed by atoms with Gasteiger partial charge in [-0.05, 0) is 25.5 Å². The maximum Gasteiger partial charge on any atom is 0.272 e. The Balaban J connectivity index is 1.64. The van der Waals surface area contributed by atoms with Crippen LogP contribution < -0.4 is 15.0 Å². The number of rotatable bonds is 7. The lowest BCUT2D eigenvalue weighted by Gasteiger charge is -2.12. The monoisotopic (exact) mass is 414 g/mol. The molecule has 0 atom stereocenters. The Morgan fingerprint density at radius 2 is 1.72 bits per heavy atom. The Hall–Kier alpha value is -3.17. The van der Waals surface area contributed by atoms with Gasteiger partial charge >= 0.3 is 0 Å². The van der Waals surface area contributed by atoms with Crippen LogP contribution in [0.2, 0.25) is 0 Å². The Bertz CT molecular complexity index is 1120. The molecule has 0 spiro atoms. The number of amides is 1. The average molecular weight is 414 g/mol. The first-order valence-corrected chi connectivity index (χ1v) is 10.4. The van der Waals surface area contributed by atoms with Gasteiger partial charge in [0.1, 0.15) is 10.6 Å². The quantitative estimate of drug-likeness (QED) is 0.577. The van der Waals surface area contributed by atoms with Gasteiger partial charge < -0.3 is 4.74 Å². The van der Waals surface area contributed by atoms with E-state index in [0.717, 1.165) is 11.1 Å². The van der Waals surface area contributed by atoms with Crippen molar-refractivity contribution in [1.82, 2.24) is 20.0 Å². The highest BCUT2D eigenvalue weighted by Gasteiger charge is 2.24. The van der Waals surface area contributed by atoms with Crippen LogP contribution >= 0.6 is 0 Å². The molecular weight excluding hydrogens is 392 g/mol. The normalized spacial score (nSPS) is 11.3. The van der Waals surface area contributed by atoms with E-state index in [1.165, 1.54) is 4.68 Å². The summed E-state index contributed by atoms with van der Waals surface area (Å²) in [4.78, 5) is 14.3. The lowest BCUT2D eigenvalue weighted by molar-refractivity contribution is -0.123. The van der Waals surface area contributed by atoms with Gasteiger partial charge in [-0.3, -0.25) is 14.9 Å². The second-order valence-corrected chi connectivity index (χ2v) is 8.05. The van der Waals surface area contributed by atoms with Crippen LogP contribution in [-0.2, 0) is 21.9 Å². The molecule has 0 unspecified atom stereocenters. The zero-order chi connectivity index (χ0) is 21.0. The van der Waals surface area contributed by atoms with E-state index >= 15 is 0 Å². The number of carbonyl (C=O) groups excluding carboxylic acids is 1. The summed E-state index contributed by atoms with van der Waals surface area (Å²) in [5, 5.41) is 4.08. The van der Waals surface area contributed by atoms with Gasteiger partial charge in [0.15, 0.2) is 6.61 Å². The van der Waals surface area contributed by atoms with E-state index in [2.05, 4.69) is 15.4 Å². The minimum atomic E-state index is -3.95. The van der Waals surface area contributed by atoms with Crippen LogP contribution in [0.25, 0.3) is 11.1 Å². The molecule has 0 fully saturated rings. The number of aryl methyl sites for hydroxylation is 2. The van der Waals surface area contributed by atoms with Crippen LogP contribution in [-0.4, -0.2) is 30.7 Å². The van der Waals surface area contributed by atoms with Crippen molar-refractivity contribution in [2.24, 2.45) is 7.05 Å². The molecule has 9 heteroatoms. The third-order valence-corrected chi connectivity index (χ3v) is 5.87. The van der Waals surface area contributed by atoms with Crippen LogP contribution in [0.4, 0.5) is 0 Å². The number of aromatic nitrogens is 2. The molecule has 1 heterocycles. The van der Waals surface area contributed by atoms with Gasteiger partial charge in [-0.15, -0.1) is 4.83 Å². The van der Waals surface area contributed by atoms with E-state index in [-0.39, 0.29) is 11.5 Å². The van der Waals surface area contributed by atoms with Crippen molar-refractivity contribution in [3.8, 4) is 16.9 Å². The molecule has 0 aliphatic heterocycles. The first-order valence-electron chi connectivity index (χ1n) is 8.87. The number of sulfonamides is 1. The maximum absolute atomic E-state index is 12.5. The van der Waals surface area contributed by atoms with Gasteiger partial charge in [-0.2, -0.15) is 5.10 Å². The summed E-state index contributed by atoms with van der Waals surface area (Å²) in [6, 6.07) is 16.9. The fourth-order valence-corrected chi connectivity index (χ4v) is 4.25. The summed E-state index contributed by atoms with van der Waals surface area (Å²) < 4.78 is 32.1. The SMILES string of the molecule is Cc1nn(C)c(C)c1S(=O)(=O)NNC(=O)COc1ccccc1-c1ccccc1. The van der Waals surface area contributed by atoms with E-state index in [9.17, 15) is 13.2 Å². The van der Waals surface area contributed by atoms with Gasteiger partial charge in [0.2, 0.25) is 0 Å². The highest BCUT2D eigenvalue weighted by Crippen LogP contribution is 2.29. The molecule has 2 aromatic carbocycles. The molecule has 0 aliphatic rings. The summed E-state index contributed by atoms with van der Waals surface area (Å²) in [5.74, 6) is -0.105. The van der Waals surface area contributed by atoms with Crippen molar-refractivity contribution < 1.29 is 17.9 Å². The molecule has 8 nitrogen and oxygen atoms in total. The molecular formula is C20H22N4O4S. The van der Waals surface area contributed by atoms with Crippen molar-refractivity contribution in [2.75, 3.05) is 6.61 Å². The van der Waals surface area contributed by atoms with Crippen molar-refractivity contribution in [1.29, 1.82) is 0 Å². The fourth-order valence-electron chi connectivity index (χ4n) is 2.95. The number of hydrazine groups is 1. The van der Waals surface area contributed by atoms with E-state index in [1.807, 2.05) is 42.5 Å². The van der Waals surface area contributed by atoms with E-state index in [4.69, 9.17) is 4.74 Å². The molecule has 0 saturated carbocycles. The predicted molar refractivity (Wildman–Crippen MR) is 109 cm³/mol. The smallest absolute Gasteiger partial charge is 0.272 e. The second-order valence-electron chi connectivity index (χ2n) is 6.43. The Labute approximate surface area is 169 Å². The molecule has 152 valence electrons. The summed E-state index contributed by atoms with van der Waals surface area (Å²) in [6.07, 6.45) is 0. The van der Waals surface area contributed by atoms with Gasteiger partial charge in [-0.25, -0.2) is 8.42 Å². The van der Waals surface area contributed by atoms with Crippen LogP contribution in [0.15, 0.2) is 59.5 Å². The van der Waals surface area contributed by atoms with Crippen molar-refractivity contribution in [3.05, 3.63) is 66.0 Å². The van der Waals surface area contributed by atoms with Crippen LogP contribution in [0.5, 0.6) is 5.75 Å².